The molecule has 0 bridgehead atoms. The first-order chi connectivity index (χ1) is 31.0. The van der Waals surface area contributed by atoms with Crippen LogP contribution in [-0.4, -0.2) is 46.9 Å². The minimum atomic E-state index is -0.830. The van der Waals surface area contributed by atoms with E-state index in [-0.39, 0.29) is 24.9 Å². The van der Waals surface area contributed by atoms with Crippen LogP contribution in [0.5, 0.6) is 0 Å². The molecule has 1 amide bonds. The third-order valence-corrected chi connectivity index (χ3v) is 10.8. The smallest absolute Gasteiger partial charge is 0.306 e. The van der Waals surface area contributed by atoms with Crippen molar-refractivity contribution >= 4 is 11.9 Å². The largest absolute Gasteiger partial charge is 0.458 e. The van der Waals surface area contributed by atoms with E-state index in [4.69, 9.17) is 4.74 Å². The van der Waals surface area contributed by atoms with Crippen LogP contribution in [0.15, 0.2) is 109 Å². The maximum atomic E-state index is 13.2. The van der Waals surface area contributed by atoms with Crippen molar-refractivity contribution in [2.75, 3.05) is 6.61 Å². The van der Waals surface area contributed by atoms with E-state index in [1.807, 2.05) is 6.08 Å². The lowest BCUT2D eigenvalue weighted by Crippen LogP contribution is -2.46. The van der Waals surface area contributed by atoms with Crippen molar-refractivity contribution in [3.8, 4) is 0 Å². The molecule has 0 aromatic rings. The fourth-order valence-electron chi connectivity index (χ4n) is 6.96. The van der Waals surface area contributed by atoms with Crippen LogP contribution >= 0.6 is 0 Å². The lowest BCUT2D eigenvalue weighted by molar-refractivity contribution is -0.148. The van der Waals surface area contributed by atoms with E-state index in [2.05, 4.69) is 123 Å². The molecular formula is C57H95NO5. The second-order valence-corrected chi connectivity index (χ2v) is 16.8. The van der Waals surface area contributed by atoms with Gasteiger partial charge in [0, 0.05) is 6.42 Å². The van der Waals surface area contributed by atoms with Crippen LogP contribution in [-0.2, 0) is 14.3 Å². The zero-order valence-corrected chi connectivity index (χ0v) is 40.7. The third-order valence-electron chi connectivity index (χ3n) is 10.8. The van der Waals surface area contributed by atoms with E-state index in [0.717, 1.165) is 89.9 Å². The molecule has 0 aliphatic heterocycles. The molecular weight excluding hydrogens is 779 g/mol. The number of unbranched alkanes of at least 4 members (excludes halogenated alkanes) is 16. The molecule has 0 spiro atoms. The van der Waals surface area contributed by atoms with Gasteiger partial charge in [0.05, 0.1) is 25.2 Å². The molecule has 6 nitrogen and oxygen atoms in total. The number of rotatable bonds is 44. The summed E-state index contributed by atoms with van der Waals surface area (Å²) in [6.45, 7) is 6.27. The number of nitrogens with one attached hydrogen (secondary N) is 1. The normalized spacial score (nSPS) is 14.2. The van der Waals surface area contributed by atoms with Gasteiger partial charge >= 0.3 is 5.97 Å². The summed E-state index contributed by atoms with van der Waals surface area (Å²) < 4.78 is 5.80. The van der Waals surface area contributed by atoms with Crippen molar-refractivity contribution in [1.29, 1.82) is 0 Å². The average Bonchev–Trinajstić information content (AvgIpc) is 3.28. The van der Waals surface area contributed by atoms with Crippen molar-refractivity contribution in [2.45, 2.75) is 232 Å². The summed E-state index contributed by atoms with van der Waals surface area (Å²) in [4.78, 5) is 26.1. The molecule has 0 aromatic heterocycles. The zero-order valence-electron chi connectivity index (χ0n) is 40.7. The van der Waals surface area contributed by atoms with Gasteiger partial charge in [-0.25, -0.2) is 0 Å². The van der Waals surface area contributed by atoms with E-state index < -0.39 is 18.2 Å². The van der Waals surface area contributed by atoms with Gasteiger partial charge in [0.15, 0.2) is 0 Å². The second-order valence-electron chi connectivity index (χ2n) is 16.8. The minimum absolute atomic E-state index is 0.0653. The first-order valence-corrected chi connectivity index (χ1v) is 25.6. The van der Waals surface area contributed by atoms with Crippen LogP contribution < -0.4 is 5.32 Å². The zero-order chi connectivity index (χ0) is 45.9. The molecule has 0 aromatic carbocycles. The number of aliphatic hydroxyl groups excluding tert-OH is 2. The molecule has 0 aliphatic rings. The average molecular weight is 874 g/mol. The third kappa shape index (κ3) is 44.9. The predicted octanol–water partition coefficient (Wildman–Crippen LogP) is 15.5. The Labute approximate surface area is 388 Å². The van der Waals surface area contributed by atoms with Gasteiger partial charge in [0.2, 0.25) is 5.91 Å². The Balaban J connectivity index is 4.79. The van der Waals surface area contributed by atoms with Crippen LogP contribution in [0.1, 0.15) is 213 Å². The van der Waals surface area contributed by atoms with Gasteiger partial charge in [0.1, 0.15) is 6.10 Å². The van der Waals surface area contributed by atoms with E-state index in [0.29, 0.717) is 19.3 Å². The molecule has 0 rings (SSSR count). The van der Waals surface area contributed by atoms with E-state index in [1.165, 1.54) is 77.0 Å². The Morgan fingerprint density at radius 1 is 0.492 bits per heavy atom. The highest BCUT2D eigenvalue weighted by molar-refractivity contribution is 5.78. The van der Waals surface area contributed by atoms with Gasteiger partial charge in [-0.1, -0.05) is 214 Å². The number of carbonyl (C=O) groups is 2. The van der Waals surface area contributed by atoms with Crippen molar-refractivity contribution in [3.63, 3.8) is 0 Å². The van der Waals surface area contributed by atoms with E-state index in [9.17, 15) is 19.8 Å². The molecule has 6 heteroatoms. The Kier molecular flexibility index (Phi) is 46.8. The second kappa shape index (κ2) is 49.5. The molecule has 63 heavy (non-hydrogen) atoms. The predicted molar refractivity (Wildman–Crippen MR) is 273 cm³/mol. The summed E-state index contributed by atoms with van der Waals surface area (Å²) in [6, 6.07) is -0.755. The lowest BCUT2D eigenvalue weighted by Gasteiger charge is -2.23. The molecule has 3 unspecified atom stereocenters. The van der Waals surface area contributed by atoms with Crippen molar-refractivity contribution < 1.29 is 24.5 Å². The fraction of sp³-hybridized carbons (Fsp3) is 0.649. The SMILES string of the molecule is CC/C=C/C/C=C/C/C=C/C/C=C/C/C=C/C(CC(=O)NC(CO)C(O)CCCCCCCCCCCCC)OC(=O)CCCCC/C=C\C/C=C\C/C=C\C/C=C\CCCCC. The van der Waals surface area contributed by atoms with Gasteiger partial charge in [-0.2, -0.15) is 0 Å². The summed E-state index contributed by atoms with van der Waals surface area (Å²) >= 11 is 0. The van der Waals surface area contributed by atoms with Crippen LogP contribution in [0, 0.1) is 0 Å². The molecule has 0 radical (unpaired) electrons. The molecule has 0 aliphatic carbocycles. The number of ether oxygens (including phenoxy) is 1. The fourth-order valence-corrected chi connectivity index (χ4v) is 6.96. The van der Waals surface area contributed by atoms with Gasteiger partial charge in [-0.3, -0.25) is 9.59 Å². The summed E-state index contributed by atoms with van der Waals surface area (Å²) in [5.41, 5.74) is 0. The number of carbonyl (C=O) groups excluding carboxylic acids is 2. The number of hydrogen-bond donors (Lipinski definition) is 3. The molecule has 0 saturated carbocycles. The summed E-state index contributed by atoms with van der Waals surface area (Å²) in [7, 11) is 0. The number of allylic oxidation sites excluding steroid dienone is 17. The highest BCUT2D eigenvalue weighted by Gasteiger charge is 2.23. The Morgan fingerprint density at radius 2 is 0.889 bits per heavy atom. The van der Waals surface area contributed by atoms with Gasteiger partial charge in [-0.15, -0.1) is 0 Å². The Morgan fingerprint density at radius 3 is 1.37 bits per heavy atom. The van der Waals surface area contributed by atoms with Crippen LogP contribution in [0.25, 0.3) is 0 Å². The monoisotopic (exact) mass is 874 g/mol. The molecule has 0 fully saturated rings. The first-order valence-electron chi connectivity index (χ1n) is 25.6. The number of hydrogen-bond acceptors (Lipinski definition) is 5. The van der Waals surface area contributed by atoms with Gasteiger partial charge < -0.3 is 20.3 Å². The van der Waals surface area contributed by atoms with Gasteiger partial charge in [-0.05, 0) is 96.0 Å². The standard InChI is InChI=1S/C57H95NO5/c1-4-7-10-13-16-19-22-24-26-27-28-29-30-32-35-38-41-44-47-50-57(62)63-53(48-45-42-39-36-34-31-25-23-20-17-14-11-8-5-2)51-56(61)58-54(52-59)55(60)49-46-43-40-37-33-21-18-15-12-9-6-3/h8,11,16-17,19-20,24-26,28-29,31-32,35-36,39,45,48,53-55,59-60H,4-7,9-10,12-15,18,21-23,27,30,33-34,37-38,40-44,46-47,49-52H2,1-3H3,(H,58,61)/b11-8+,19-16-,20-17+,26-24-,29-28-,31-25+,35-32-,39-36+,48-45+. The van der Waals surface area contributed by atoms with Crippen LogP contribution in [0.3, 0.4) is 0 Å². The number of amides is 1. The van der Waals surface area contributed by atoms with E-state index >= 15 is 0 Å². The maximum Gasteiger partial charge on any atom is 0.306 e. The van der Waals surface area contributed by atoms with E-state index in [1.54, 1.807) is 6.08 Å². The van der Waals surface area contributed by atoms with Crippen LogP contribution in [0.2, 0.25) is 0 Å². The first kappa shape index (κ1) is 59.5. The highest BCUT2D eigenvalue weighted by atomic mass is 16.5. The lowest BCUT2D eigenvalue weighted by atomic mass is 10.0. The topological polar surface area (TPSA) is 95.9 Å². The van der Waals surface area contributed by atoms with Crippen molar-refractivity contribution in [3.05, 3.63) is 109 Å². The molecule has 0 heterocycles. The quantitative estimate of drug-likeness (QED) is 0.0322. The molecule has 3 atom stereocenters. The summed E-state index contributed by atoms with van der Waals surface area (Å²) in [6.07, 6.45) is 67.5. The summed E-state index contributed by atoms with van der Waals surface area (Å²) in [5.74, 6) is -0.675. The molecule has 358 valence electrons. The minimum Gasteiger partial charge on any atom is -0.458 e. The number of aliphatic hydroxyl groups is 2. The Hall–Kier alpha value is -3.48. The molecule has 3 N–H and O–H groups in total. The summed E-state index contributed by atoms with van der Waals surface area (Å²) in [5, 5.41) is 23.6. The Bertz CT molecular complexity index is 1300. The van der Waals surface area contributed by atoms with Crippen molar-refractivity contribution in [1.82, 2.24) is 5.32 Å². The van der Waals surface area contributed by atoms with Gasteiger partial charge in [0.25, 0.3) is 0 Å². The molecule has 0 saturated heterocycles. The van der Waals surface area contributed by atoms with Crippen molar-refractivity contribution in [2.24, 2.45) is 0 Å². The number of esters is 1. The highest BCUT2D eigenvalue weighted by Crippen LogP contribution is 2.15. The van der Waals surface area contributed by atoms with Crippen LogP contribution in [0.4, 0.5) is 0 Å². The maximum absolute atomic E-state index is 13.2.